The molecule has 2 amide bonds. The van der Waals surface area contributed by atoms with Gasteiger partial charge >= 0.3 is 6.18 Å². The Balaban J connectivity index is 1.85. The van der Waals surface area contributed by atoms with Crippen molar-refractivity contribution in [3.8, 4) is 0 Å². The van der Waals surface area contributed by atoms with E-state index in [4.69, 9.17) is 5.73 Å². The highest BCUT2D eigenvalue weighted by atomic mass is 19.4. The molecule has 0 aliphatic carbocycles. The number of primary amides is 1. The Morgan fingerprint density at radius 3 is 2.76 bits per heavy atom. The molecular formula is C15H19F3N4O3. The van der Waals surface area contributed by atoms with Gasteiger partial charge in [0.1, 0.15) is 19.0 Å². The summed E-state index contributed by atoms with van der Waals surface area (Å²) >= 11 is 0. The minimum absolute atomic E-state index is 0.222. The Labute approximate surface area is 142 Å². The predicted molar refractivity (Wildman–Crippen MR) is 83.9 cm³/mol. The topological polar surface area (TPSA) is 97.6 Å². The van der Waals surface area contributed by atoms with Gasteiger partial charge in [0.15, 0.2) is 0 Å². The van der Waals surface area contributed by atoms with Crippen molar-refractivity contribution >= 4 is 23.3 Å². The molecule has 1 aliphatic rings. The summed E-state index contributed by atoms with van der Waals surface area (Å²) in [5, 5.41) is 2.40. The molecule has 10 heteroatoms. The van der Waals surface area contributed by atoms with Crippen molar-refractivity contribution in [1.82, 2.24) is 4.98 Å². The number of halogens is 3. The molecule has 2 heterocycles. The number of aromatic nitrogens is 1. The minimum Gasteiger partial charge on any atom is -0.369 e. The number of piperidine rings is 1. The molecule has 3 N–H and O–H groups in total. The van der Waals surface area contributed by atoms with Crippen molar-refractivity contribution in [3.05, 3.63) is 18.3 Å². The molecule has 0 aromatic carbocycles. The van der Waals surface area contributed by atoms with Gasteiger partial charge in [-0.05, 0) is 25.0 Å². The van der Waals surface area contributed by atoms with Gasteiger partial charge in [-0.1, -0.05) is 0 Å². The number of amides is 2. The number of alkyl halides is 3. The molecule has 7 nitrogen and oxygen atoms in total. The fourth-order valence-corrected chi connectivity index (χ4v) is 2.52. The molecule has 2 rings (SSSR count). The maximum atomic E-state index is 11.9. The number of rotatable bonds is 6. The first-order valence-corrected chi connectivity index (χ1v) is 7.69. The van der Waals surface area contributed by atoms with E-state index >= 15 is 0 Å². The van der Waals surface area contributed by atoms with E-state index in [9.17, 15) is 22.8 Å². The molecule has 1 saturated heterocycles. The van der Waals surface area contributed by atoms with E-state index in [1.54, 1.807) is 12.1 Å². The smallest absolute Gasteiger partial charge is 0.369 e. The first kappa shape index (κ1) is 19.0. The molecule has 1 fully saturated rings. The van der Waals surface area contributed by atoms with Crippen molar-refractivity contribution in [3.63, 3.8) is 0 Å². The van der Waals surface area contributed by atoms with Gasteiger partial charge in [-0.2, -0.15) is 13.2 Å². The monoisotopic (exact) mass is 360 g/mol. The van der Waals surface area contributed by atoms with Crippen LogP contribution in [-0.4, -0.2) is 49.3 Å². The summed E-state index contributed by atoms with van der Waals surface area (Å²) in [6, 6.07) is 3.24. The van der Waals surface area contributed by atoms with E-state index in [1.807, 2.05) is 4.90 Å². The van der Waals surface area contributed by atoms with Crippen LogP contribution in [0.1, 0.15) is 12.8 Å². The van der Waals surface area contributed by atoms with Gasteiger partial charge in [0.2, 0.25) is 11.8 Å². The fraction of sp³-hybridized carbons (Fsp3) is 0.533. The lowest BCUT2D eigenvalue weighted by atomic mass is 9.97. The molecule has 1 aliphatic heterocycles. The number of nitrogens with one attached hydrogen (secondary N) is 1. The van der Waals surface area contributed by atoms with Gasteiger partial charge in [-0.15, -0.1) is 0 Å². The second kappa shape index (κ2) is 8.15. The molecule has 0 radical (unpaired) electrons. The number of pyridine rings is 1. The van der Waals surface area contributed by atoms with Crippen LogP contribution in [-0.2, 0) is 14.3 Å². The van der Waals surface area contributed by atoms with Gasteiger partial charge in [0.25, 0.3) is 0 Å². The Kier molecular flexibility index (Phi) is 6.18. The van der Waals surface area contributed by atoms with Crippen LogP contribution in [0.2, 0.25) is 0 Å². The van der Waals surface area contributed by atoms with Gasteiger partial charge in [-0.3, -0.25) is 9.59 Å². The molecular weight excluding hydrogens is 341 g/mol. The summed E-state index contributed by atoms with van der Waals surface area (Å²) in [6.07, 6.45) is -1.51. The largest absolute Gasteiger partial charge is 0.411 e. The highest BCUT2D eigenvalue weighted by molar-refractivity contribution is 5.91. The maximum absolute atomic E-state index is 11.9. The Hall–Kier alpha value is -2.36. The van der Waals surface area contributed by atoms with E-state index < -0.39 is 25.3 Å². The number of hydrogen-bond acceptors (Lipinski definition) is 5. The van der Waals surface area contributed by atoms with Crippen LogP contribution in [0.5, 0.6) is 0 Å². The standard InChI is InChI=1S/C15H19F3N4O3/c16-15(17,18)9-25-8-13(23)21-11-3-4-12(20-6-11)22-5-1-2-10(7-22)14(19)24/h3-4,6,10H,1-2,5,7-9H2,(H2,19,24)(H,21,23). The van der Waals surface area contributed by atoms with Crippen LogP contribution < -0.4 is 16.0 Å². The number of hydrogen-bond donors (Lipinski definition) is 2. The van der Waals surface area contributed by atoms with Crippen LogP contribution in [0.4, 0.5) is 24.7 Å². The van der Waals surface area contributed by atoms with Crippen molar-refractivity contribution in [2.75, 3.05) is 36.5 Å². The third-order valence-electron chi connectivity index (χ3n) is 3.68. The quantitative estimate of drug-likeness (QED) is 0.797. The van der Waals surface area contributed by atoms with Gasteiger partial charge in [0, 0.05) is 13.1 Å². The highest BCUT2D eigenvalue weighted by Crippen LogP contribution is 2.22. The number of ether oxygens (including phenoxy) is 1. The van der Waals surface area contributed by atoms with Gasteiger partial charge < -0.3 is 20.7 Å². The summed E-state index contributed by atoms with van der Waals surface area (Å²) in [5.74, 6) is -0.629. The lowest BCUT2D eigenvalue weighted by molar-refractivity contribution is -0.174. The number of carbonyl (C=O) groups excluding carboxylic acids is 2. The third kappa shape index (κ3) is 6.22. The summed E-state index contributed by atoms with van der Waals surface area (Å²) in [5.41, 5.74) is 5.68. The van der Waals surface area contributed by atoms with E-state index in [0.717, 1.165) is 19.4 Å². The highest BCUT2D eigenvalue weighted by Gasteiger charge is 2.28. The van der Waals surface area contributed by atoms with Crippen LogP contribution in [0.3, 0.4) is 0 Å². The lowest BCUT2D eigenvalue weighted by Gasteiger charge is -2.32. The zero-order valence-electron chi connectivity index (χ0n) is 13.4. The van der Waals surface area contributed by atoms with Gasteiger partial charge in [0.05, 0.1) is 17.8 Å². The van der Waals surface area contributed by atoms with E-state index in [1.165, 1.54) is 6.20 Å². The van der Waals surface area contributed by atoms with Crippen LogP contribution in [0.25, 0.3) is 0 Å². The Bertz CT molecular complexity index is 607. The molecule has 138 valence electrons. The van der Waals surface area contributed by atoms with E-state index in [0.29, 0.717) is 18.1 Å². The van der Waals surface area contributed by atoms with Crippen molar-refractivity contribution in [1.29, 1.82) is 0 Å². The van der Waals surface area contributed by atoms with Crippen LogP contribution in [0, 0.1) is 5.92 Å². The molecule has 1 aromatic heterocycles. The molecule has 0 saturated carbocycles. The van der Waals surface area contributed by atoms with E-state index in [2.05, 4.69) is 15.0 Å². The fourth-order valence-electron chi connectivity index (χ4n) is 2.52. The molecule has 1 atom stereocenters. The number of nitrogens with zero attached hydrogens (tertiary/aromatic N) is 2. The number of carbonyl (C=O) groups is 2. The molecule has 1 unspecified atom stereocenters. The Morgan fingerprint density at radius 2 is 2.16 bits per heavy atom. The third-order valence-corrected chi connectivity index (χ3v) is 3.68. The predicted octanol–water partition coefficient (Wildman–Crippen LogP) is 1.30. The van der Waals surface area contributed by atoms with Crippen LogP contribution >= 0.6 is 0 Å². The minimum atomic E-state index is -4.47. The molecule has 1 aromatic rings. The molecule has 0 spiro atoms. The summed E-state index contributed by atoms with van der Waals surface area (Å²) in [4.78, 5) is 28.9. The molecule has 0 bridgehead atoms. The summed E-state index contributed by atoms with van der Waals surface area (Å²) < 4.78 is 40.1. The first-order chi connectivity index (χ1) is 11.7. The lowest BCUT2D eigenvalue weighted by Crippen LogP contribution is -2.41. The van der Waals surface area contributed by atoms with Crippen LogP contribution in [0.15, 0.2) is 18.3 Å². The van der Waals surface area contributed by atoms with Crippen molar-refractivity contribution in [2.45, 2.75) is 19.0 Å². The zero-order chi connectivity index (χ0) is 18.4. The van der Waals surface area contributed by atoms with E-state index in [-0.39, 0.29) is 11.8 Å². The average molecular weight is 360 g/mol. The maximum Gasteiger partial charge on any atom is 0.411 e. The summed E-state index contributed by atoms with van der Waals surface area (Å²) in [6.45, 7) is -0.950. The van der Waals surface area contributed by atoms with Crippen molar-refractivity contribution in [2.24, 2.45) is 11.7 Å². The number of nitrogens with two attached hydrogens (primary N) is 1. The second-order valence-electron chi connectivity index (χ2n) is 5.75. The molecule has 25 heavy (non-hydrogen) atoms. The zero-order valence-corrected chi connectivity index (χ0v) is 13.4. The normalized spacial score (nSPS) is 18.0. The SMILES string of the molecule is NC(=O)C1CCCN(c2ccc(NC(=O)COCC(F)(F)F)cn2)C1. The van der Waals surface area contributed by atoms with Crippen molar-refractivity contribution < 1.29 is 27.5 Å². The number of anilines is 2. The average Bonchev–Trinajstić information content (AvgIpc) is 2.54. The van der Waals surface area contributed by atoms with Gasteiger partial charge in [-0.25, -0.2) is 4.98 Å². The first-order valence-electron chi connectivity index (χ1n) is 7.69. The second-order valence-corrected chi connectivity index (χ2v) is 5.75. The Morgan fingerprint density at radius 1 is 1.40 bits per heavy atom. The summed E-state index contributed by atoms with van der Waals surface area (Å²) in [7, 11) is 0.